The number of nitrogens with one attached hydrogen (secondary N) is 2. The molecule has 0 saturated heterocycles. The summed E-state index contributed by atoms with van der Waals surface area (Å²) in [5, 5.41) is 0. The van der Waals surface area contributed by atoms with Crippen LogP contribution in [0.25, 0.3) is 0 Å². The summed E-state index contributed by atoms with van der Waals surface area (Å²) in [5.74, 6) is 0. The van der Waals surface area contributed by atoms with E-state index in [9.17, 15) is 13.2 Å². The van der Waals surface area contributed by atoms with Crippen LogP contribution in [0.3, 0.4) is 0 Å². The van der Waals surface area contributed by atoms with Crippen LogP contribution in [0, 0.1) is 0 Å². The predicted molar refractivity (Wildman–Crippen MR) is 69.0 cm³/mol. The van der Waals surface area contributed by atoms with Gasteiger partial charge >= 0.3 is 10.2 Å². The molecule has 0 aliphatic heterocycles. The van der Waals surface area contributed by atoms with Gasteiger partial charge in [0.2, 0.25) is 0 Å². The SMILES string of the molecule is O=c1ccccn1NS(=O)(=O)NC1CCCCC1. The summed E-state index contributed by atoms with van der Waals surface area (Å²) in [4.78, 5) is 13.6. The Labute approximate surface area is 106 Å². The molecule has 0 unspecified atom stereocenters. The van der Waals surface area contributed by atoms with Crippen molar-refractivity contribution in [1.82, 2.24) is 9.40 Å². The quantitative estimate of drug-likeness (QED) is 0.839. The highest BCUT2D eigenvalue weighted by Gasteiger charge is 2.20. The first-order valence-electron chi connectivity index (χ1n) is 6.04. The summed E-state index contributed by atoms with van der Waals surface area (Å²) >= 11 is 0. The number of hydrogen-bond donors (Lipinski definition) is 2. The zero-order chi connectivity index (χ0) is 13.0. The highest BCUT2D eigenvalue weighted by Crippen LogP contribution is 2.17. The first kappa shape index (κ1) is 13.1. The zero-order valence-electron chi connectivity index (χ0n) is 10.0. The molecule has 1 aromatic rings. The minimum Gasteiger partial charge on any atom is -0.267 e. The van der Waals surface area contributed by atoms with Crippen LogP contribution in [0.15, 0.2) is 29.2 Å². The van der Waals surface area contributed by atoms with Gasteiger partial charge in [0.15, 0.2) is 0 Å². The van der Waals surface area contributed by atoms with Crippen molar-refractivity contribution in [3.05, 3.63) is 34.7 Å². The average molecular weight is 271 g/mol. The van der Waals surface area contributed by atoms with Crippen LogP contribution in [-0.4, -0.2) is 19.1 Å². The lowest BCUT2D eigenvalue weighted by atomic mass is 9.96. The number of rotatable bonds is 4. The van der Waals surface area contributed by atoms with Crippen molar-refractivity contribution in [1.29, 1.82) is 0 Å². The van der Waals surface area contributed by atoms with E-state index >= 15 is 0 Å². The van der Waals surface area contributed by atoms with Crippen LogP contribution in [0.5, 0.6) is 0 Å². The van der Waals surface area contributed by atoms with E-state index in [2.05, 4.69) is 9.55 Å². The molecule has 2 rings (SSSR count). The van der Waals surface area contributed by atoms with Crippen LogP contribution in [-0.2, 0) is 10.2 Å². The molecule has 2 N–H and O–H groups in total. The Balaban J connectivity index is 2.03. The van der Waals surface area contributed by atoms with Crippen molar-refractivity contribution in [2.24, 2.45) is 0 Å². The third kappa shape index (κ3) is 3.58. The van der Waals surface area contributed by atoms with Crippen LogP contribution in [0.2, 0.25) is 0 Å². The smallest absolute Gasteiger partial charge is 0.267 e. The normalized spacial score (nSPS) is 17.6. The van der Waals surface area contributed by atoms with Gasteiger partial charge in [0.25, 0.3) is 5.56 Å². The lowest BCUT2D eigenvalue weighted by molar-refractivity contribution is 0.412. The van der Waals surface area contributed by atoms with E-state index in [4.69, 9.17) is 0 Å². The molecule has 1 heterocycles. The minimum atomic E-state index is -3.69. The summed E-state index contributed by atoms with van der Waals surface area (Å²) in [6.07, 6.45) is 6.32. The summed E-state index contributed by atoms with van der Waals surface area (Å²) in [6.45, 7) is 0. The zero-order valence-corrected chi connectivity index (χ0v) is 10.8. The Morgan fingerprint density at radius 1 is 1.17 bits per heavy atom. The maximum Gasteiger partial charge on any atom is 0.313 e. The van der Waals surface area contributed by atoms with Crippen molar-refractivity contribution in [3.8, 4) is 0 Å². The van der Waals surface area contributed by atoms with Gasteiger partial charge in [0.05, 0.1) is 0 Å². The molecule has 0 amide bonds. The van der Waals surface area contributed by atoms with E-state index in [-0.39, 0.29) is 6.04 Å². The molecule has 1 fully saturated rings. The third-order valence-electron chi connectivity index (χ3n) is 2.97. The largest absolute Gasteiger partial charge is 0.313 e. The molecule has 0 bridgehead atoms. The van der Waals surface area contributed by atoms with Gasteiger partial charge in [-0.3, -0.25) is 4.79 Å². The molecular weight excluding hydrogens is 254 g/mol. The van der Waals surface area contributed by atoms with Gasteiger partial charge in [-0.1, -0.05) is 25.3 Å². The summed E-state index contributed by atoms with van der Waals surface area (Å²) in [6, 6.07) is 4.41. The van der Waals surface area contributed by atoms with Crippen LogP contribution in [0.1, 0.15) is 32.1 Å². The Kier molecular flexibility index (Phi) is 4.03. The first-order valence-corrected chi connectivity index (χ1v) is 7.53. The fraction of sp³-hybridized carbons (Fsp3) is 0.545. The fourth-order valence-corrected chi connectivity index (χ4v) is 3.24. The first-order chi connectivity index (χ1) is 8.57. The second-order valence-electron chi connectivity index (χ2n) is 4.46. The van der Waals surface area contributed by atoms with E-state index in [0.717, 1.165) is 36.8 Å². The number of pyridine rings is 1. The molecule has 1 aliphatic carbocycles. The average Bonchev–Trinajstić information content (AvgIpc) is 2.32. The van der Waals surface area contributed by atoms with Gasteiger partial charge in [0, 0.05) is 18.3 Å². The highest BCUT2D eigenvalue weighted by atomic mass is 32.2. The topological polar surface area (TPSA) is 80.2 Å². The summed E-state index contributed by atoms with van der Waals surface area (Å²) < 4.78 is 27.2. The molecule has 7 heteroatoms. The summed E-state index contributed by atoms with van der Waals surface area (Å²) in [5.41, 5.74) is -0.411. The molecule has 1 saturated carbocycles. The molecule has 1 aliphatic rings. The lowest BCUT2D eigenvalue weighted by Crippen LogP contribution is -2.44. The van der Waals surface area contributed by atoms with Crippen molar-refractivity contribution in [2.75, 3.05) is 4.83 Å². The Morgan fingerprint density at radius 3 is 2.56 bits per heavy atom. The molecule has 0 radical (unpaired) electrons. The lowest BCUT2D eigenvalue weighted by Gasteiger charge is -2.23. The van der Waals surface area contributed by atoms with Gasteiger partial charge in [-0.2, -0.15) is 13.1 Å². The molecule has 100 valence electrons. The molecule has 0 aromatic carbocycles. The van der Waals surface area contributed by atoms with Crippen molar-refractivity contribution >= 4 is 10.2 Å². The van der Waals surface area contributed by atoms with E-state index < -0.39 is 15.8 Å². The van der Waals surface area contributed by atoms with Gasteiger partial charge in [-0.15, -0.1) is 0 Å². The molecule has 18 heavy (non-hydrogen) atoms. The van der Waals surface area contributed by atoms with Crippen LogP contribution in [0.4, 0.5) is 0 Å². The maximum absolute atomic E-state index is 11.8. The van der Waals surface area contributed by atoms with Gasteiger partial charge in [-0.05, 0) is 18.9 Å². The highest BCUT2D eigenvalue weighted by molar-refractivity contribution is 7.90. The second-order valence-corrected chi connectivity index (χ2v) is 5.88. The molecule has 0 atom stereocenters. The third-order valence-corrected chi connectivity index (χ3v) is 4.05. The van der Waals surface area contributed by atoms with E-state index in [0.29, 0.717) is 0 Å². The van der Waals surface area contributed by atoms with Crippen LogP contribution < -0.4 is 15.1 Å². The van der Waals surface area contributed by atoms with E-state index in [1.807, 2.05) is 0 Å². The molecule has 0 spiro atoms. The van der Waals surface area contributed by atoms with Gasteiger partial charge < -0.3 is 0 Å². The Bertz CT molecular complexity index is 547. The Morgan fingerprint density at radius 2 is 1.89 bits per heavy atom. The van der Waals surface area contributed by atoms with Crippen molar-refractivity contribution in [2.45, 2.75) is 38.1 Å². The molecular formula is C11H17N3O3S. The second kappa shape index (κ2) is 5.53. The van der Waals surface area contributed by atoms with Crippen molar-refractivity contribution < 1.29 is 8.42 Å². The van der Waals surface area contributed by atoms with E-state index in [1.165, 1.54) is 12.3 Å². The van der Waals surface area contributed by atoms with Crippen molar-refractivity contribution in [3.63, 3.8) is 0 Å². The van der Waals surface area contributed by atoms with Crippen LogP contribution >= 0.6 is 0 Å². The monoisotopic (exact) mass is 271 g/mol. The Hall–Kier alpha value is -1.34. The fourth-order valence-electron chi connectivity index (χ4n) is 2.10. The maximum atomic E-state index is 11.8. The standard InChI is InChI=1S/C11H17N3O3S/c15-11-8-4-5-9-14(11)13-18(16,17)12-10-6-2-1-3-7-10/h4-5,8-10,12-13H,1-3,6-7H2. The number of hydrogen-bond acceptors (Lipinski definition) is 3. The minimum absolute atomic E-state index is 0.0318. The summed E-state index contributed by atoms with van der Waals surface area (Å²) in [7, 11) is -3.69. The molecule has 1 aromatic heterocycles. The molecule has 6 nitrogen and oxygen atoms in total. The van der Waals surface area contributed by atoms with E-state index in [1.54, 1.807) is 12.1 Å². The number of nitrogens with zero attached hydrogens (tertiary/aromatic N) is 1. The predicted octanol–water partition coefficient (Wildman–Crippen LogP) is 0.559. The van der Waals surface area contributed by atoms with Gasteiger partial charge in [-0.25, -0.2) is 9.51 Å². The van der Waals surface area contributed by atoms with Gasteiger partial charge in [0.1, 0.15) is 0 Å². The number of aromatic nitrogens is 1.